The predicted octanol–water partition coefficient (Wildman–Crippen LogP) is 5.44. The van der Waals surface area contributed by atoms with Crippen molar-refractivity contribution in [1.29, 1.82) is 0 Å². The molecule has 2 aliphatic heterocycles. The second-order valence-corrected chi connectivity index (χ2v) is 12.0. The second-order valence-electron chi connectivity index (χ2n) is 12.0. The lowest BCUT2D eigenvalue weighted by Gasteiger charge is -2.30. The number of aryl methyl sites for hydroxylation is 1. The number of anilines is 3. The van der Waals surface area contributed by atoms with E-state index in [9.17, 15) is 4.79 Å². The molecule has 1 amide bonds. The standard InChI is InChI=1S/C32H45N7O2/c1-8-33-31(34-26-12-13-27(23(2)18-26)25-14-16-37(6)17-15-25)36-30-19-32(4,5)21-38(30)28-10-9-11-29(35-28)39(22-40)24(3)20-41-7/h8-13,18,22,24-25H,1,14-17,19-21H2,2-7H3,(H,33,34)/b36-30+. The van der Waals surface area contributed by atoms with Gasteiger partial charge in [0.2, 0.25) is 12.4 Å². The number of aliphatic imine (C=N–C) groups is 2. The Kier molecular flexibility index (Phi) is 9.94. The lowest BCUT2D eigenvalue weighted by atomic mass is 9.87. The summed E-state index contributed by atoms with van der Waals surface area (Å²) in [5.74, 6) is 3.24. The molecule has 2 saturated heterocycles. The molecule has 2 aliphatic rings. The number of rotatable bonds is 9. The molecule has 1 atom stereocenters. The molecule has 41 heavy (non-hydrogen) atoms. The van der Waals surface area contributed by atoms with E-state index in [2.05, 4.69) is 72.7 Å². The zero-order chi connectivity index (χ0) is 29.6. The first kappa shape index (κ1) is 30.4. The largest absolute Gasteiger partial charge is 0.383 e. The van der Waals surface area contributed by atoms with Crippen LogP contribution in [0, 0.1) is 12.3 Å². The second kappa shape index (κ2) is 13.4. The number of hydrogen-bond acceptors (Lipinski definition) is 5. The summed E-state index contributed by atoms with van der Waals surface area (Å²) in [7, 11) is 3.82. The average molecular weight is 560 g/mol. The number of hydrogen-bond donors (Lipinski definition) is 1. The Labute approximate surface area is 245 Å². The van der Waals surface area contributed by atoms with E-state index in [1.807, 2.05) is 25.1 Å². The third-order valence-electron chi connectivity index (χ3n) is 7.92. The monoisotopic (exact) mass is 559 g/mol. The van der Waals surface area contributed by atoms with E-state index in [-0.39, 0.29) is 11.5 Å². The lowest BCUT2D eigenvalue weighted by Crippen LogP contribution is -2.36. The number of likely N-dealkylation sites (tertiary alicyclic amines) is 1. The van der Waals surface area contributed by atoms with Gasteiger partial charge in [0.1, 0.15) is 17.5 Å². The summed E-state index contributed by atoms with van der Waals surface area (Å²) in [6, 6.07) is 12.1. The Morgan fingerprint density at radius 1 is 1.29 bits per heavy atom. The van der Waals surface area contributed by atoms with Gasteiger partial charge in [-0.05, 0) is 93.6 Å². The molecule has 0 saturated carbocycles. The van der Waals surface area contributed by atoms with Crippen molar-refractivity contribution in [2.24, 2.45) is 15.4 Å². The van der Waals surface area contributed by atoms with Crippen LogP contribution in [-0.4, -0.2) is 74.5 Å². The van der Waals surface area contributed by atoms with E-state index in [1.54, 1.807) is 12.0 Å². The highest BCUT2D eigenvalue weighted by Crippen LogP contribution is 2.35. The molecular formula is C32H45N7O2. The van der Waals surface area contributed by atoms with Gasteiger partial charge in [-0.1, -0.05) is 32.6 Å². The molecule has 1 unspecified atom stereocenters. The average Bonchev–Trinajstić information content (AvgIpc) is 3.24. The summed E-state index contributed by atoms with van der Waals surface area (Å²) in [5, 5.41) is 3.42. The van der Waals surface area contributed by atoms with Gasteiger partial charge in [-0.25, -0.2) is 9.98 Å². The van der Waals surface area contributed by atoms with Gasteiger partial charge in [-0.2, -0.15) is 4.99 Å². The van der Waals surface area contributed by atoms with Gasteiger partial charge >= 0.3 is 0 Å². The van der Waals surface area contributed by atoms with Crippen molar-refractivity contribution in [2.45, 2.75) is 58.9 Å². The number of nitrogens with one attached hydrogen (secondary N) is 1. The van der Waals surface area contributed by atoms with Crippen LogP contribution in [0.4, 0.5) is 17.3 Å². The van der Waals surface area contributed by atoms with Gasteiger partial charge in [0.05, 0.1) is 12.6 Å². The van der Waals surface area contributed by atoms with Gasteiger partial charge in [0, 0.05) is 32.0 Å². The van der Waals surface area contributed by atoms with Crippen molar-refractivity contribution in [3.63, 3.8) is 0 Å². The molecular weight excluding hydrogens is 514 g/mol. The van der Waals surface area contributed by atoms with Crippen LogP contribution in [0.1, 0.15) is 57.1 Å². The van der Waals surface area contributed by atoms with Crippen LogP contribution >= 0.6 is 0 Å². The molecule has 1 aromatic carbocycles. The molecule has 1 aromatic heterocycles. The fourth-order valence-corrected chi connectivity index (χ4v) is 5.78. The first-order valence-electron chi connectivity index (χ1n) is 14.4. The molecule has 220 valence electrons. The summed E-state index contributed by atoms with van der Waals surface area (Å²) in [6.07, 6.45) is 5.45. The Balaban J connectivity index is 1.59. The summed E-state index contributed by atoms with van der Waals surface area (Å²) >= 11 is 0. The molecule has 1 N–H and O–H groups in total. The normalized spacial score (nSPS) is 19.8. The molecule has 4 rings (SSSR count). The topological polar surface area (TPSA) is 85.7 Å². The van der Waals surface area contributed by atoms with Gasteiger partial charge in [0.25, 0.3) is 0 Å². The van der Waals surface area contributed by atoms with Crippen LogP contribution in [0.25, 0.3) is 0 Å². The fourth-order valence-electron chi connectivity index (χ4n) is 5.78. The predicted molar refractivity (Wildman–Crippen MR) is 169 cm³/mol. The van der Waals surface area contributed by atoms with Crippen LogP contribution in [0.5, 0.6) is 0 Å². The van der Waals surface area contributed by atoms with Crippen molar-refractivity contribution in [3.8, 4) is 0 Å². The van der Waals surface area contributed by atoms with Gasteiger partial charge in [-0.15, -0.1) is 0 Å². The van der Waals surface area contributed by atoms with Crippen molar-refractivity contribution in [1.82, 2.24) is 9.88 Å². The maximum Gasteiger partial charge on any atom is 0.228 e. The molecule has 0 bridgehead atoms. The number of piperidine rings is 1. The van der Waals surface area contributed by atoms with Crippen LogP contribution in [-0.2, 0) is 9.53 Å². The fraction of sp³-hybridized carbons (Fsp3) is 0.500. The first-order chi connectivity index (χ1) is 19.6. The Bertz CT molecular complexity index is 1280. The highest BCUT2D eigenvalue weighted by Gasteiger charge is 2.36. The molecule has 9 nitrogen and oxygen atoms in total. The number of methoxy groups -OCH3 is 1. The van der Waals surface area contributed by atoms with Gasteiger partial charge < -0.3 is 19.9 Å². The van der Waals surface area contributed by atoms with Crippen LogP contribution < -0.4 is 15.1 Å². The molecule has 2 fully saturated rings. The molecule has 3 heterocycles. The third kappa shape index (κ3) is 7.59. The highest BCUT2D eigenvalue weighted by molar-refractivity contribution is 6.09. The highest BCUT2D eigenvalue weighted by atomic mass is 16.5. The van der Waals surface area contributed by atoms with Crippen molar-refractivity contribution in [3.05, 3.63) is 60.3 Å². The molecule has 9 heteroatoms. The number of ether oxygens (including phenoxy) is 1. The number of amides is 1. The zero-order valence-electron chi connectivity index (χ0n) is 25.4. The van der Waals surface area contributed by atoms with E-state index in [1.165, 1.54) is 30.2 Å². The number of amidine groups is 1. The Hall–Kier alpha value is -3.56. The van der Waals surface area contributed by atoms with Crippen LogP contribution in [0.15, 0.2) is 59.2 Å². The minimum atomic E-state index is -0.145. The summed E-state index contributed by atoms with van der Waals surface area (Å²) in [6.45, 7) is 15.8. The number of nitrogens with zero attached hydrogens (tertiary/aromatic N) is 6. The molecule has 0 spiro atoms. The number of pyridine rings is 1. The van der Waals surface area contributed by atoms with Crippen molar-refractivity contribution in [2.75, 3.05) is 55.5 Å². The number of benzene rings is 1. The van der Waals surface area contributed by atoms with Crippen molar-refractivity contribution < 1.29 is 9.53 Å². The van der Waals surface area contributed by atoms with Crippen LogP contribution in [0.3, 0.4) is 0 Å². The van der Waals surface area contributed by atoms with E-state index in [0.29, 0.717) is 24.3 Å². The van der Waals surface area contributed by atoms with E-state index in [4.69, 9.17) is 14.7 Å². The maximum absolute atomic E-state index is 11.9. The SMILES string of the molecule is C=CN=C(/N=C1\CC(C)(C)CN1c1cccc(N(C=O)C(C)COC)n1)Nc1ccc(C2CCN(C)CC2)c(C)c1. The smallest absolute Gasteiger partial charge is 0.228 e. The summed E-state index contributed by atoms with van der Waals surface area (Å²) in [5.41, 5.74) is 3.63. The first-order valence-corrected chi connectivity index (χ1v) is 14.4. The maximum atomic E-state index is 11.9. The molecule has 0 aliphatic carbocycles. The van der Waals surface area contributed by atoms with E-state index >= 15 is 0 Å². The Morgan fingerprint density at radius 2 is 2.05 bits per heavy atom. The minimum Gasteiger partial charge on any atom is -0.383 e. The van der Waals surface area contributed by atoms with E-state index < -0.39 is 0 Å². The summed E-state index contributed by atoms with van der Waals surface area (Å²) < 4.78 is 5.26. The number of guanidine groups is 1. The Morgan fingerprint density at radius 3 is 2.71 bits per heavy atom. The third-order valence-corrected chi connectivity index (χ3v) is 7.92. The minimum absolute atomic E-state index is 0.0181. The van der Waals surface area contributed by atoms with Crippen molar-refractivity contribution >= 4 is 35.5 Å². The van der Waals surface area contributed by atoms with Gasteiger partial charge in [0.15, 0.2) is 0 Å². The van der Waals surface area contributed by atoms with E-state index in [0.717, 1.165) is 49.8 Å². The molecule has 2 aromatic rings. The molecule has 0 radical (unpaired) electrons. The van der Waals surface area contributed by atoms with Crippen LogP contribution in [0.2, 0.25) is 0 Å². The summed E-state index contributed by atoms with van der Waals surface area (Å²) in [4.78, 5) is 32.3. The number of carbonyl (C=O) groups excluding carboxylic acids is 1. The zero-order valence-corrected chi connectivity index (χ0v) is 25.4. The number of aromatic nitrogens is 1. The van der Waals surface area contributed by atoms with Gasteiger partial charge in [-0.3, -0.25) is 9.69 Å². The quantitative estimate of drug-likeness (QED) is 0.250. The number of carbonyl (C=O) groups is 1. The lowest BCUT2D eigenvalue weighted by molar-refractivity contribution is -0.108.